The molecule has 0 amide bonds. The fourth-order valence-corrected chi connectivity index (χ4v) is 1.95. The second-order valence-electron chi connectivity index (χ2n) is 3.33. The highest BCUT2D eigenvalue weighted by molar-refractivity contribution is 9.10. The number of carbonyl (C=O) groups excluding carboxylic acids is 1. The monoisotopic (exact) mass is 240 g/mol. The van der Waals surface area contributed by atoms with Crippen LogP contribution in [0.2, 0.25) is 0 Å². The third-order valence-corrected chi connectivity index (χ3v) is 2.85. The Morgan fingerprint density at radius 3 is 2.85 bits per heavy atom. The van der Waals surface area contributed by atoms with Crippen molar-refractivity contribution < 1.29 is 4.79 Å². The third kappa shape index (κ3) is 2.66. The first-order valence-electron chi connectivity index (χ1n) is 4.35. The van der Waals surface area contributed by atoms with Gasteiger partial charge in [0, 0.05) is 10.9 Å². The van der Waals surface area contributed by atoms with Crippen LogP contribution in [0.1, 0.15) is 30.4 Å². The minimum Gasteiger partial charge on any atom is -0.303 e. The summed E-state index contributed by atoms with van der Waals surface area (Å²) in [5.41, 5.74) is 2.45. The number of aldehydes is 1. The predicted molar refractivity (Wildman–Crippen MR) is 58.0 cm³/mol. The van der Waals surface area contributed by atoms with E-state index in [0.29, 0.717) is 12.3 Å². The van der Waals surface area contributed by atoms with E-state index in [2.05, 4.69) is 41.9 Å². The van der Waals surface area contributed by atoms with Gasteiger partial charge in [0.15, 0.2) is 0 Å². The Morgan fingerprint density at radius 2 is 2.23 bits per heavy atom. The van der Waals surface area contributed by atoms with Crippen LogP contribution < -0.4 is 0 Å². The first kappa shape index (κ1) is 10.5. The fraction of sp³-hybridized carbons (Fsp3) is 0.364. The second-order valence-corrected chi connectivity index (χ2v) is 4.18. The van der Waals surface area contributed by atoms with Gasteiger partial charge in [-0.2, -0.15) is 0 Å². The zero-order valence-corrected chi connectivity index (χ0v) is 9.47. The molecule has 1 atom stereocenters. The maximum Gasteiger partial charge on any atom is 0.120 e. The zero-order chi connectivity index (χ0) is 9.84. The molecule has 0 saturated heterocycles. The van der Waals surface area contributed by atoms with E-state index in [4.69, 9.17) is 0 Å². The Bertz CT molecular complexity index is 307. The number of carbonyl (C=O) groups is 1. The molecular weight excluding hydrogens is 228 g/mol. The van der Waals surface area contributed by atoms with Gasteiger partial charge in [0.1, 0.15) is 6.29 Å². The van der Waals surface area contributed by atoms with Gasteiger partial charge >= 0.3 is 0 Å². The van der Waals surface area contributed by atoms with Crippen molar-refractivity contribution in [2.45, 2.75) is 26.2 Å². The van der Waals surface area contributed by atoms with Crippen LogP contribution in [0.15, 0.2) is 22.7 Å². The van der Waals surface area contributed by atoms with Crippen molar-refractivity contribution in [3.05, 3.63) is 33.8 Å². The van der Waals surface area contributed by atoms with Crippen LogP contribution >= 0.6 is 15.9 Å². The van der Waals surface area contributed by atoms with Crippen LogP contribution in [-0.2, 0) is 4.79 Å². The highest BCUT2D eigenvalue weighted by Gasteiger charge is 2.08. The van der Waals surface area contributed by atoms with Crippen molar-refractivity contribution in [1.82, 2.24) is 0 Å². The van der Waals surface area contributed by atoms with Crippen LogP contribution in [0.4, 0.5) is 0 Å². The molecular formula is C11H13BrO. The molecule has 0 saturated carbocycles. The standard InChI is InChI=1S/C11H13BrO/c1-8-3-4-11(12)10(7-8)9(2)5-6-13/h3-4,6-7,9H,5H2,1-2H3. The maximum absolute atomic E-state index is 10.4. The molecule has 1 unspecified atom stereocenters. The molecule has 1 aromatic carbocycles. The van der Waals surface area contributed by atoms with Crippen molar-refractivity contribution >= 4 is 22.2 Å². The average Bonchev–Trinajstić information content (AvgIpc) is 2.09. The smallest absolute Gasteiger partial charge is 0.120 e. The van der Waals surface area contributed by atoms with Crippen molar-refractivity contribution in [2.75, 3.05) is 0 Å². The summed E-state index contributed by atoms with van der Waals surface area (Å²) in [5, 5.41) is 0. The van der Waals surface area contributed by atoms with Gasteiger partial charge in [-0.15, -0.1) is 0 Å². The largest absolute Gasteiger partial charge is 0.303 e. The van der Waals surface area contributed by atoms with Crippen molar-refractivity contribution in [3.8, 4) is 0 Å². The normalized spacial score (nSPS) is 12.5. The lowest BCUT2D eigenvalue weighted by molar-refractivity contribution is -0.108. The van der Waals surface area contributed by atoms with Gasteiger partial charge in [-0.05, 0) is 24.5 Å². The Kier molecular flexibility index (Phi) is 3.67. The molecule has 0 bridgehead atoms. The molecule has 0 aromatic heterocycles. The first-order valence-corrected chi connectivity index (χ1v) is 5.14. The Balaban J connectivity index is 2.97. The highest BCUT2D eigenvalue weighted by atomic mass is 79.9. The molecule has 0 fully saturated rings. The second kappa shape index (κ2) is 4.56. The predicted octanol–water partition coefficient (Wildman–Crippen LogP) is 3.45. The molecule has 1 nitrogen and oxygen atoms in total. The van der Waals surface area contributed by atoms with Crippen LogP contribution in [-0.4, -0.2) is 6.29 Å². The van der Waals surface area contributed by atoms with E-state index in [-0.39, 0.29) is 0 Å². The number of hydrogen-bond donors (Lipinski definition) is 0. The van der Waals surface area contributed by atoms with Crippen LogP contribution in [0.3, 0.4) is 0 Å². The minimum atomic E-state index is 0.298. The highest BCUT2D eigenvalue weighted by Crippen LogP contribution is 2.27. The molecule has 70 valence electrons. The zero-order valence-electron chi connectivity index (χ0n) is 7.88. The van der Waals surface area contributed by atoms with E-state index >= 15 is 0 Å². The van der Waals surface area contributed by atoms with Gasteiger partial charge < -0.3 is 4.79 Å². The molecule has 13 heavy (non-hydrogen) atoms. The molecule has 0 spiro atoms. The number of rotatable bonds is 3. The van der Waals surface area contributed by atoms with Gasteiger partial charge in [-0.1, -0.05) is 40.5 Å². The van der Waals surface area contributed by atoms with Crippen LogP contribution in [0.25, 0.3) is 0 Å². The molecule has 0 aliphatic carbocycles. The van der Waals surface area contributed by atoms with Crippen molar-refractivity contribution in [3.63, 3.8) is 0 Å². The van der Waals surface area contributed by atoms with E-state index < -0.39 is 0 Å². The molecule has 2 heteroatoms. The fourth-order valence-electron chi connectivity index (χ4n) is 1.31. The lowest BCUT2D eigenvalue weighted by Gasteiger charge is -2.11. The summed E-state index contributed by atoms with van der Waals surface area (Å²) in [7, 11) is 0. The summed E-state index contributed by atoms with van der Waals surface area (Å²) in [6.45, 7) is 4.12. The maximum atomic E-state index is 10.4. The molecule has 0 N–H and O–H groups in total. The van der Waals surface area contributed by atoms with Gasteiger partial charge in [0.05, 0.1) is 0 Å². The molecule has 0 aliphatic rings. The van der Waals surface area contributed by atoms with Crippen molar-refractivity contribution in [2.24, 2.45) is 0 Å². The topological polar surface area (TPSA) is 17.1 Å². The molecule has 0 aliphatic heterocycles. The number of hydrogen-bond acceptors (Lipinski definition) is 1. The summed E-state index contributed by atoms with van der Waals surface area (Å²) in [5.74, 6) is 0.298. The molecule has 1 aromatic rings. The lowest BCUT2D eigenvalue weighted by atomic mass is 9.97. The summed E-state index contributed by atoms with van der Waals surface area (Å²) < 4.78 is 1.09. The Hall–Kier alpha value is -0.630. The molecule has 0 radical (unpaired) electrons. The third-order valence-electron chi connectivity index (χ3n) is 2.13. The van der Waals surface area contributed by atoms with Gasteiger partial charge in [0.2, 0.25) is 0 Å². The van der Waals surface area contributed by atoms with Crippen molar-refractivity contribution in [1.29, 1.82) is 0 Å². The number of benzene rings is 1. The number of halogens is 1. The van der Waals surface area contributed by atoms with Gasteiger partial charge in [-0.25, -0.2) is 0 Å². The van der Waals surface area contributed by atoms with Crippen LogP contribution in [0, 0.1) is 6.92 Å². The molecule has 1 rings (SSSR count). The lowest BCUT2D eigenvalue weighted by Crippen LogP contribution is -1.96. The summed E-state index contributed by atoms with van der Waals surface area (Å²) >= 11 is 3.49. The average molecular weight is 241 g/mol. The van der Waals surface area contributed by atoms with E-state index in [1.807, 2.05) is 6.07 Å². The van der Waals surface area contributed by atoms with Gasteiger partial charge in [0.25, 0.3) is 0 Å². The van der Waals surface area contributed by atoms with Crippen LogP contribution in [0.5, 0.6) is 0 Å². The minimum absolute atomic E-state index is 0.298. The SMILES string of the molecule is Cc1ccc(Br)c(C(C)CC=O)c1. The van der Waals surface area contributed by atoms with E-state index in [1.54, 1.807) is 0 Å². The van der Waals surface area contributed by atoms with E-state index in [1.165, 1.54) is 11.1 Å². The molecule has 0 heterocycles. The Morgan fingerprint density at radius 1 is 1.54 bits per heavy atom. The van der Waals surface area contributed by atoms with E-state index in [0.717, 1.165) is 10.8 Å². The quantitative estimate of drug-likeness (QED) is 0.740. The van der Waals surface area contributed by atoms with E-state index in [9.17, 15) is 4.79 Å². The summed E-state index contributed by atoms with van der Waals surface area (Å²) in [6.07, 6.45) is 1.56. The van der Waals surface area contributed by atoms with Gasteiger partial charge in [-0.3, -0.25) is 0 Å². The Labute approximate surface area is 87.3 Å². The summed E-state index contributed by atoms with van der Waals surface area (Å²) in [4.78, 5) is 10.4. The first-order chi connectivity index (χ1) is 6.15. The number of aryl methyl sites for hydroxylation is 1. The summed E-state index contributed by atoms with van der Waals surface area (Å²) in [6, 6.07) is 6.21.